The van der Waals surface area contributed by atoms with Crippen molar-refractivity contribution >= 4 is 64.0 Å². The molecule has 0 aliphatic carbocycles. The van der Waals surface area contributed by atoms with Gasteiger partial charge < -0.3 is 0 Å². The molecule has 9 nitrogen and oxygen atoms in total. The maximum atomic E-state index is 13.3. The van der Waals surface area contributed by atoms with Gasteiger partial charge in [-0.1, -0.05) is 58.0 Å². The number of carbonyl (C=O) groups excluding carboxylic acids is 1. The number of sulfone groups is 1. The van der Waals surface area contributed by atoms with E-state index in [0.29, 0.717) is 17.7 Å². The molecule has 1 N–H and O–H groups in total. The van der Waals surface area contributed by atoms with Gasteiger partial charge in [-0.05, 0) is 49.2 Å². The van der Waals surface area contributed by atoms with Crippen LogP contribution in [0.1, 0.15) is 24.8 Å². The first-order chi connectivity index (χ1) is 17.5. The summed E-state index contributed by atoms with van der Waals surface area (Å²) in [5, 5.41) is 11.8. The zero-order valence-electron chi connectivity index (χ0n) is 19.4. The van der Waals surface area contributed by atoms with E-state index in [1.54, 1.807) is 18.2 Å². The lowest BCUT2D eigenvalue weighted by atomic mass is 10.2. The number of rotatable bonds is 12. The number of anilines is 1. The summed E-state index contributed by atoms with van der Waals surface area (Å²) in [6.07, 6.45) is 1.86. The maximum Gasteiger partial charge on any atom is 0.273 e. The van der Waals surface area contributed by atoms with Crippen molar-refractivity contribution in [2.45, 2.75) is 39.7 Å². The van der Waals surface area contributed by atoms with Crippen LogP contribution in [-0.4, -0.2) is 32.2 Å². The zero-order valence-corrected chi connectivity index (χ0v) is 23.4. The number of nitro benzene ring substituents is 1. The van der Waals surface area contributed by atoms with Crippen molar-refractivity contribution in [3.05, 3.63) is 88.5 Å². The van der Waals surface area contributed by atoms with Gasteiger partial charge in [0.15, 0.2) is 5.12 Å². The second-order valence-electron chi connectivity index (χ2n) is 7.84. The van der Waals surface area contributed by atoms with Crippen molar-refractivity contribution in [2.75, 3.05) is 10.1 Å². The first-order valence-electron chi connectivity index (χ1n) is 11.0. The molecule has 196 valence electrons. The van der Waals surface area contributed by atoms with E-state index < -0.39 is 30.5 Å². The first kappa shape index (κ1) is 28.8. The van der Waals surface area contributed by atoms with Gasteiger partial charge in [0, 0.05) is 34.0 Å². The molecular weight excluding hydrogens is 604 g/mol. The summed E-state index contributed by atoms with van der Waals surface area (Å²) in [7, 11) is -8.02. The number of benzene rings is 3. The van der Waals surface area contributed by atoms with E-state index in [1.807, 2.05) is 0 Å². The van der Waals surface area contributed by atoms with Crippen molar-refractivity contribution in [2.24, 2.45) is 0 Å². The van der Waals surface area contributed by atoms with Gasteiger partial charge in [0.1, 0.15) is 5.75 Å². The average molecular weight is 628 g/mol. The zero-order chi connectivity index (χ0) is 27.1. The smallest absolute Gasteiger partial charge is 0.273 e. The molecule has 0 radical (unpaired) electrons. The van der Waals surface area contributed by atoms with Crippen LogP contribution in [0.5, 0.6) is 0 Å². The Hall–Kier alpha value is -2.74. The number of hydrogen-bond donors (Lipinski definition) is 1. The van der Waals surface area contributed by atoms with E-state index in [0.717, 1.165) is 23.5 Å². The highest BCUT2D eigenvalue weighted by atomic mass is 79.9. The Bertz CT molecular complexity index is 1490. The average Bonchev–Trinajstić information content (AvgIpc) is 2.84. The quantitative estimate of drug-likeness (QED) is 0.0906. The summed E-state index contributed by atoms with van der Waals surface area (Å²) < 4.78 is 54.1. The van der Waals surface area contributed by atoms with Crippen LogP contribution >= 0.6 is 27.7 Å². The number of sulfonamides is 1. The molecule has 0 heterocycles. The summed E-state index contributed by atoms with van der Waals surface area (Å²) >= 11 is 4.20. The molecule has 0 aliphatic rings. The molecule has 0 fully saturated rings. The molecule has 0 spiro atoms. The summed E-state index contributed by atoms with van der Waals surface area (Å²) in [5.74, 6) is -0.627. The summed E-state index contributed by atoms with van der Waals surface area (Å²) in [6.45, 7) is 0. The van der Waals surface area contributed by atoms with Crippen molar-refractivity contribution in [3.63, 3.8) is 0 Å². The summed E-state index contributed by atoms with van der Waals surface area (Å²) in [6, 6.07) is 16.9. The van der Waals surface area contributed by atoms with Gasteiger partial charge in [-0.3, -0.25) is 19.6 Å². The number of nitrogens with zero attached hydrogens (tertiary/aromatic N) is 1. The van der Waals surface area contributed by atoms with Crippen molar-refractivity contribution in [1.29, 1.82) is 0 Å². The predicted molar refractivity (Wildman–Crippen MR) is 146 cm³/mol. The fourth-order valence-corrected chi connectivity index (χ4v) is 7.57. The highest BCUT2D eigenvalue weighted by Crippen LogP contribution is 2.32. The molecule has 0 aliphatic heterocycles. The number of unbranched alkanes of at least 4 members (excludes halogenated alkanes) is 1. The number of nitrogens with one attached hydrogen (secondary N) is 1. The SMILES string of the molecule is O=C(CCCCBr)Sc1ccccc1S(=O)(=O)c1ccc(NS(=O)(=O)Cc2ccccc2[N+](=O)[O-])cc1. The van der Waals surface area contributed by atoms with Crippen LogP contribution in [0, 0.1) is 10.1 Å². The van der Waals surface area contributed by atoms with Gasteiger partial charge in [-0.2, -0.15) is 0 Å². The molecule has 3 rings (SSSR count). The van der Waals surface area contributed by atoms with Gasteiger partial charge in [0.25, 0.3) is 5.69 Å². The van der Waals surface area contributed by atoms with Crippen LogP contribution in [0.4, 0.5) is 11.4 Å². The van der Waals surface area contributed by atoms with E-state index in [-0.39, 0.29) is 31.8 Å². The number of carbonyl (C=O) groups is 1. The lowest BCUT2D eigenvalue weighted by Crippen LogP contribution is -2.16. The van der Waals surface area contributed by atoms with Crippen LogP contribution in [0.3, 0.4) is 0 Å². The first-order valence-corrected chi connectivity index (χ1v) is 16.0. The van der Waals surface area contributed by atoms with Crippen LogP contribution in [-0.2, 0) is 30.4 Å². The normalized spacial score (nSPS) is 11.7. The highest BCUT2D eigenvalue weighted by molar-refractivity contribution is 9.09. The predicted octanol–water partition coefficient (Wildman–Crippen LogP) is 5.55. The van der Waals surface area contributed by atoms with Gasteiger partial charge in [-0.25, -0.2) is 16.8 Å². The van der Waals surface area contributed by atoms with Crippen molar-refractivity contribution in [1.82, 2.24) is 0 Å². The molecule has 0 aromatic heterocycles. The molecule has 0 saturated carbocycles. The number of para-hydroxylation sites is 1. The number of nitro groups is 1. The highest BCUT2D eigenvalue weighted by Gasteiger charge is 2.24. The lowest BCUT2D eigenvalue weighted by molar-refractivity contribution is -0.385. The molecule has 37 heavy (non-hydrogen) atoms. The number of alkyl halides is 1. The summed E-state index contributed by atoms with van der Waals surface area (Å²) in [5.41, 5.74) is -0.190. The van der Waals surface area contributed by atoms with E-state index in [4.69, 9.17) is 0 Å². The molecule has 0 unspecified atom stereocenters. The molecule has 0 saturated heterocycles. The Kier molecular flexibility index (Phi) is 9.87. The fraction of sp³-hybridized carbons (Fsp3) is 0.208. The van der Waals surface area contributed by atoms with Gasteiger partial charge in [0.05, 0.1) is 14.7 Å². The van der Waals surface area contributed by atoms with Gasteiger partial charge in [0.2, 0.25) is 19.9 Å². The van der Waals surface area contributed by atoms with Crippen LogP contribution in [0.15, 0.2) is 87.5 Å². The van der Waals surface area contributed by atoms with Gasteiger partial charge >= 0.3 is 0 Å². The Morgan fingerprint density at radius 2 is 1.57 bits per heavy atom. The number of hydrogen-bond acceptors (Lipinski definition) is 8. The van der Waals surface area contributed by atoms with E-state index in [9.17, 15) is 31.7 Å². The third-order valence-corrected chi connectivity index (χ3v) is 9.86. The molecule has 3 aromatic carbocycles. The largest absolute Gasteiger partial charge is 0.287 e. The van der Waals surface area contributed by atoms with Gasteiger partial charge in [-0.15, -0.1) is 0 Å². The number of thioether (sulfide) groups is 1. The Balaban J connectivity index is 1.78. The van der Waals surface area contributed by atoms with E-state index in [1.165, 1.54) is 54.6 Å². The van der Waals surface area contributed by atoms with E-state index >= 15 is 0 Å². The standard InChI is InChI=1S/C24H23BrN2O7S3/c25-16-6-5-11-24(28)35-22-9-3-4-10-23(22)37(33,34)20-14-12-19(13-15-20)26-36(31,32)17-18-7-1-2-8-21(18)27(29)30/h1-4,7-10,12-15,26H,5-6,11,16-17H2. The molecular formula is C24H23BrN2O7S3. The van der Waals surface area contributed by atoms with Crippen molar-refractivity contribution < 1.29 is 26.6 Å². The Morgan fingerprint density at radius 1 is 0.919 bits per heavy atom. The van der Waals surface area contributed by atoms with E-state index in [2.05, 4.69) is 20.7 Å². The molecule has 0 bridgehead atoms. The third kappa shape index (κ3) is 7.87. The minimum atomic E-state index is -4.02. The van der Waals surface area contributed by atoms with Crippen molar-refractivity contribution in [3.8, 4) is 0 Å². The molecule has 3 aromatic rings. The Labute approximate surface area is 227 Å². The minimum Gasteiger partial charge on any atom is -0.287 e. The molecule has 0 atom stereocenters. The van der Waals surface area contributed by atoms with Crippen LogP contribution in [0.25, 0.3) is 0 Å². The third-order valence-electron chi connectivity index (χ3n) is 5.10. The number of halogens is 1. The topological polar surface area (TPSA) is 141 Å². The maximum absolute atomic E-state index is 13.3. The molecule has 13 heteroatoms. The fourth-order valence-electron chi connectivity index (χ4n) is 3.35. The lowest BCUT2D eigenvalue weighted by Gasteiger charge is -2.11. The Morgan fingerprint density at radius 3 is 2.24 bits per heavy atom. The monoisotopic (exact) mass is 626 g/mol. The minimum absolute atomic E-state index is 0.0152. The summed E-state index contributed by atoms with van der Waals surface area (Å²) in [4.78, 5) is 23.1. The second kappa shape index (κ2) is 12.7. The second-order valence-corrected chi connectivity index (χ2v) is 13.4. The van der Waals surface area contributed by atoms with Crippen LogP contribution in [0.2, 0.25) is 0 Å². The van der Waals surface area contributed by atoms with Crippen LogP contribution < -0.4 is 4.72 Å². The molecule has 0 amide bonds.